The second-order valence-electron chi connectivity index (χ2n) is 3.69. The van der Waals surface area contributed by atoms with E-state index >= 15 is 0 Å². The molecule has 12 heavy (non-hydrogen) atoms. The standard InChI is InChI=1S/C8H15N3O/c1-8(2,3)10-7(12)11(4)6-5-9/h6H2,1-4H3,(H,10,12). The van der Waals surface area contributed by atoms with E-state index in [9.17, 15) is 4.79 Å². The van der Waals surface area contributed by atoms with Gasteiger partial charge in [-0.15, -0.1) is 0 Å². The number of nitriles is 1. The van der Waals surface area contributed by atoms with Gasteiger partial charge in [-0.1, -0.05) is 0 Å². The number of carbonyl (C=O) groups excluding carboxylic acids is 1. The minimum Gasteiger partial charge on any atom is -0.333 e. The topological polar surface area (TPSA) is 56.1 Å². The van der Waals surface area contributed by atoms with Crippen molar-refractivity contribution >= 4 is 6.03 Å². The molecule has 0 aliphatic heterocycles. The lowest BCUT2D eigenvalue weighted by atomic mass is 10.1. The van der Waals surface area contributed by atoms with Gasteiger partial charge in [0.1, 0.15) is 6.54 Å². The number of hydrogen-bond acceptors (Lipinski definition) is 2. The maximum absolute atomic E-state index is 11.2. The molecule has 2 amide bonds. The summed E-state index contributed by atoms with van der Waals surface area (Å²) in [5.74, 6) is 0. The zero-order valence-electron chi connectivity index (χ0n) is 8.01. The van der Waals surface area contributed by atoms with Crippen molar-refractivity contribution in [3.63, 3.8) is 0 Å². The Kier molecular flexibility index (Phi) is 3.55. The van der Waals surface area contributed by atoms with E-state index in [0.29, 0.717) is 0 Å². The molecule has 68 valence electrons. The summed E-state index contributed by atoms with van der Waals surface area (Å²) in [6.07, 6.45) is 0. The largest absolute Gasteiger partial charge is 0.333 e. The quantitative estimate of drug-likeness (QED) is 0.594. The summed E-state index contributed by atoms with van der Waals surface area (Å²) in [5, 5.41) is 11.1. The molecule has 1 N–H and O–H groups in total. The van der Waals surface area contributed by atoms with Crippen molar-refractivity contribution in [2.75, 3.05) is 13.6 Å². The van der Waals surface area contributed by atoms with Crippen LogP contribution in [0.25, 0.3) is 0 Å². The van der Waals surface area contributed by atoms with Gasteiger partial charge >= 0.3 is 6.03 Å². The third-order valence-corrected chi connectivity index (χ3v) is 1.14. The zero-order valence-corrected chi connectivity index (χ0v) is 8.01. The molecule has 0 heterocycles. The summed E-state index contributed by atoms with van der Waals surface area (Å²) in [6.45, 7) is 5.79. The minimum absolute atomic E-state index is 0.113. The van der Waals surface area contributed by atoms with E-state index in [1.165, 1.54) is 4.90 Å². The fourth-order valence-electron chi connectivity index (χ4n) is 0.594. The number of nitrogens with one attached hydrogen (secondary N) is 1. The van der Waals surface area contributed by atoms with Crippen molar-refractivity contribution in [2.45, 2.75) is 26.3 Å². The van der Waals surface area contributed by atoms with Gasteiger partial charge in [-0.3, -0.25) is 0 Å². The first-order chi connectivity index (χ1) is 5.37. The lowest BCUT2D eigenvalue weighted by Crippen LogP contribution is -2.47. The molecular formula is C8H15N3O. The first kappa shape index (κ1) is 10.8. The first-order valence-electron chi connectivity index (χ1n) is 3.77. The van der Waals surface area contributed by atoms with Crippen LogP contribution in [0.3, 0.4) is 0 Å². The minimum atomic E-state index is -0.249. The molecule has 0 rings (SSSR count). The zero-order chi connectivity index (χ0) is 9.78. The summed E-state index contributed by atoms with van der Waals surface area (Å²) in [4.78, 5) is 12.6. The van der Waals surface area contributed by atoms with Gasteiger partial charge < -0.3 is 10.2 Å². The van der Waals surface area contributed by atoms with E-state index < -0.39 is 0 Å². The molecule has 0 saturated carbocycles. The molecule has 0 spiro atoms. The molecule has 0 unspecified atom stereocenters. The molecule has 4 nitrogen and oxygen atoms in total. The van der Waals surface area contributed by atoms with Crippen LogP contribution in [0.5, 0.6) is 0 Å². The van der Waals surface area contributed by atoms with E-state index in [2.05, 4.69) is 5.32 Å². The molecule has 0 saturated heterocycles. The number of carbonyl (C=O) groups is 1. The van der Waals surface area contributed by atoms with Gasteiger partial charge in [0.25, 0.3) is 0 Å². The van der Waals surface area contributed by atoms with Gasteiger partial charge in [0, 0.05) is 12.6 Å². The SMILES string of the molecule is CN(CC#N)C(=O)NC(C)(C)C. The Balaban J connectivity index is 3.98. The Labute approximate surface area is 73.2 Å². The fourth-order valence-corrected chi connectivity index (χ4v) is 0.594. The van der Waals surface area contributed by atoms with Crippen LogP contribution in [-0.4, -0.2) is 30.1 Å². The highest BCUT2D eigenvalue weighted by Gasteiger charge is 2.16. The Morgan fingerprint density at radius 1 is 1.58 bits per heavy atom. The molecule has 4 heteroatoms. The Morgan fingerprint density at radius 2 is 2.08 bits per heavy atom. The van der Waals surface area contributed by atoms with Crippen molar-refractivity contribution in [1.29, 1.82) is 5.26 Å². The maximum atomic E-state index is 11.2. The third kappa shape index (κ3) is 4.56. The molecule has 0 atom stereocenters. The molecule has 0 aromatic carbocycles. The van der Waals surface area contributed by atoms with E-state index in [-0.39, 0.29) is 18.1 Å². The van der Waals surface area contributed by atoms with Crippen molar-refractivity contribution in [2.24, 2.45) is 0 Å². The Hall–Kier alpha value is -1.24. The molecule has 0 aliphatic rings. The summed E-state index contributed by atoms with van der Waals surface area (Å²) in [5.41, 5.74) is -0.249. The van der Waals surface area contributed by atoms with Crippen LogP contribution < -0.4 is 5.32 Å². The predicted octanol–water partition coefficient (Wildman–Crippen LogP) is 0.950. The molecule has 0 aromatic rings. The van der Waals surface area contributed by atoms with E-state index in [1.807, 2.05) is 26.8 Å². The number of nitrogens with zero attached hydrogens (tertiary/aromatic N) is 2. The van der Waals surface area contributed by atoms with Gasteiger partial charge in [0.05, 0.1) is 6.07 Å². The highest BCUT2D eigenvalue weighted by atomic mass is 16.2. The number of urea groups is 1. The maximum Gasteiger partial charge on any atom is 0.318 e. The van der Waals surface area contributed by atoms with Crippen LogP contribution in [-0.2, 0) is 0 Å². The highest BCUT2D eigenvalue weighted by Crippen LogP contribution is 1.99. The van der Waals surface area contributed by atoms with Crippen LogP contribution in [0, 0.1) is 11.3 Å². The van der Waals surface area contributed by atoms with Crippen molar-refractivity contribution in [3.05, 3.63) is 0 Å². The summed E-state index contributed by atoms with van der Waals surface area (Å²) in [7, 11) is 1.59. The lowest BCUT2D eigenvalue weighted by molar-refractivity contribution is 0.204. The summed E-state index contributed by atoms with van der Waals surface area (Å²) in [6, 6.07) is 1.68. The number of rotatable bonds is 1. The van der Waals surface area contributed by atoms with Gasteiger partial charge in [-0.05, 0) is 20.8 Å². The first-order valence-corrected chi connectivity index (χ1v) is 3.77. The van der Waals surface area contributed by atoms with Gasteiger partial charge in [-0.2, -0.15) is 5.26 Å². The second kappa shape index (κ2) is 3.96. The molecule has 0 radical (unpaired) electrons. The van der Waals surface area contributed by atoms with Gasteiger partial charge in [0.2, 0.25) is 0 Å². The van der Waals surface area contributed by atoms with E-state index in [4.69, 9.17) is 5.26 Å². The Morgan fingerprint density at radius 3 is 2.42 bits per heavy atom. The van der Waals surface area contributed by atoms with Crippen LogP contribution in [0.15, 0.2) is 0 Å². The number of amides is 2. The van der Waals surface area contributed by atoms with Crippen molar-refractivity contribution < 1.29 is 4.79 Å². The van der Waals surface area contributed by atoms with Crippen LogP contribution in [0.4, 0.5) is 4.79 Å². The summed E-state index contributed by atoms with van der Waals surface area (Å²) >= 11 is 0. The van der Waals surface area contributed by atoms with Gasteiger partial charge in [0.15, 0.2) is 0 Å². The molecular weight excluding hydrogens is 154 g/mol. The van der Waals surface area contributed by atoms with Crippen LogP contribution in [0.2, 0.25) is 0 Å². The van der Waals surface area contributed by atoms with Gasteiger partial charge in [-0.25, -0.2) is 4.79 Å². The third-order valence-electron chi connectivity index (χ3n) is 1.14. The van der Waals surface area contributed by atoms with E-state index in [0.717, 1.165) is 0 Å². The average Bonchev–Trinajstić information content (AvgIpc) is 1.84. The molecule has 0 bridgehead atoms. The monoisotopic (exact) mass is 169 g/mol. The highest BCUT2D eigenvalue weighted by molar-refractivity contribution is 5.74. The van der Waals surface area contributed by atoms with Crippen LogP contribution in [0.1, 0.15) is 20.8 Å². The number of hydrogen-bond donors (Lipinski definition) is 1. The predicted molar refractivity (Wildman–Crippen MR) is 46.5 cm³/mol. The second-order valence-corrected chi connectivity index (χ2v) is 3.69. The molecule has 0 aromatic heterocycles. The smallest absolute Gasteiger partial charge is 0.318 e. The van der Waals surface area contributed by atoms with Crippen molar-refractivity contribution in [1.82, 2.24) is 10.2 Å². The van der Waals surface area contributed by atoms with E-state index in [1.54, 1.807) is 7.05 Å². The lowest BCUT2D eigenvalue weighted by Gasteiger charge is -2.24. The van der Waals surface area contributed by atoms with Crippen molar-refractivity contribution in [3.8, 4) is 6.07 Å². The van der Waals surface area contributed by atoms with Crippen LogP contribution >= 0.6 is 0 Å². The Bertz CT molecular complexity index is 199. The molecule has 0 aliphatic carbocycles. The average molecular weight is 169 g/mol. The summed E-state index contributed by atoms with van der Waals surface area (Å²) < 4.78 is 0. The fraction of sp³-hybridized carbons (Fsp3) is 0.750. The normalized spacial score (nSPS) is 10.2. The molecule has 0 fully saturated rings.